The summed E-state index contributed by atoms with van der Waals surface area (Å²) in [6.07, 6.45) is 3.89. The minimum Gasteiger partial charge on any atom is -0.363 e. The fourth-order valence-electron chi connectivity index (χ4n) is 4.25. The van der Waals surface area contributed by atoms with E-state index in [1.807, 2.05) is 39.8 Å². The van der Waals surface area contributed by atoms with E-state index < -0.39 is 0 Å². The highest BCUT2D eigenvalue weighted by atomic mass is 35.5. The van der Waals surface area contributed by atoms with Crippen LogP contribution in [0.15, 0.2) is 33.8 Å². The molecule has 162 valence electrons. The molecule has 1 saturated heterocycles. The van der Waals surface area contributed by atoms with E-state index in [4.69, 9.17) is 20.9 Å². The molecule has 31 heavy (non-hydrogen) atoms. The number of aromatic nitrogens is 5. The van der Waals surface area contributed by atoms with Gasteiger partial charge in [0, 0.05) is 11.1 Å². The van der Waals surface area contributed by atoms with Crippen LogP contribution in [-0.4, -0.2) is 29.7 Å². The van der Waals surface area contributed by atoms with Crippen LogP contribution in [0.1, 0.15) is 65.0 Å². The number of halogens is 1. The Morgan fingerprint density at radius 2 is 2.13 bits per heavy atom. The van der Waals surface area contributed by atoms with Crippen LogP contribution in [0, 0.1) is 0 Å². The fourth-order valence-corrected chi connectivity index (χ4v) is 4.42. The van der Waals surface area contributed by atoms with Gasteiger partial charge in [0.15, 0.2) is 0 Å². The Labute approximate surface area is 183 Å². The molecular weight excluding hydrogens is 418 g/mol. The van der Waals surface area contributed by atoms with Crippen molar-refractivity contribution in [1.29, 1.82) is 0 Å². The Hall–Kier alpha value is -2.71. The number of benzene rings is 1. The molecule has 0 aliphatic carbocycles. The summed E-state index contributed by atoms with van der Waals surface area (Å²) in [7, 11) is 0. The summed E-state index contributed by atoms with van der Waals surface area (Å²) in [6, 6.07) is 5.50. The first-order valence-electron chi connectivity index (χ1n) is 10.5. The Balaban J connectivity index is 1.70. The maximum Gasteiger partial charge on any atom is 0.278 e. The van der Waals surface area contributed by atoms with Crippen LogP contribution in [0.5, 0.6) is 0 Å². The van der Waals surface area contributed by atoms with E-state index in [1.54, 1.807) is 21.4 Å². The minimum atomic E-state index is -0.245. The summed E-state index contributed by atoms with van der Waals surface area (Å²) in [6.45, 7) is 8.15. The second-order valence-corrected chi connectivity index (χ2v) is 9.17. The van der Waals surface area contributed by atoms with Crippen molar-refractivity contribution < 1.29 is 9.26 Å². The third kappa shape index (κ3) is 3.25. The number of rotatable bonds is 4. The van der Waals surface area contributed by atoms with Gasteiger partial charge in [0.2, 0.25) is 5.82 Å². The van der Waals surface area contributed by atoms with E-state index >= 15 is 0 Å². The van der Waals surface area contributed by atoms with Crippen molar-refractivity contribution in [2.45, 2.75) is 64.7 Å². The first-order chi connectivity index (χ1) is 14.8. The molecule has 1 aromatic carbocycles. The lowest BCUT2D eigenvalue weighted by molar-refractivity contribution is -0.0292. The lowest BCUT2D eigenvalue weighted by atomic mass is 10.1. The zero-order valence-electron chi connectivity index (χ0n) is 17.9. The van der Waals surface area contributed by atoms with Crippen LogP contribution >= 0.6 is 11.6 Å². The van der Waals surface area contributed by atoms with Gasteiger partial charge in [0.1, 0.15) is 23.6 Å². The van der Waals surface area contributed by atoms with Crippen molar-refractivity contribution in [3.63, 3.8) is 0 Å². The van der Waals surface area contributed by atoms with Crippen LogP contribution in [0.2, 0.25) is 5.02 Å². The number of imidazole rings is 1. The van der Waals surface area contributed by atoms with Gasteiger partial charge >= 0.3 is 0 Å². The third-order valence-electron chi connectivity index (χ3n) is 6.08. The monoisotopic (exact) mass is 441 g/mol. The van der Waals surface area contributed by atoms with Crippen LogP contribution in [0.3, 0.4) is 0 Å². The topological polar surface area (TPSA) is 87.5 Å². The summed E-state index contributed by atoms with van der Waals surface area (Å²) < 4.78 is 15.0. The molecule has 0 bridgehead atoms. The van der Waals surface area contributed by atoms with E-state index in [0.29, 0.717) is 22.1 Å². The zero-order valence-corrected chi connectivity index (χ0v) is 18.7. The number of hydrogen-bond acceptors (Lipinski definition) is 6. The van der Waals surface area contributed by atoms with Crippen molar-refractivity contribution >= 4 is 28.2 Å². The van der Waals surface area contributed by atoms with Gasteiger partial charge in [-0.1, -0.05) is 23.7 Å². The van der Waals surface area contributed by atoms with Gasteiger partial charge in [-0.05, 0) is 58.2 Å². The molecule has 0 N–H and O–H groups in total. The van der Waals surface area contributed by atoms with Crippen molar-refractivity contribution in [3.8, 4) is 11.5 Å². The van der Waals surface area contributed by atoms with E-state index in [-0.39, 0.29) is 29.1 Å². The van der Waals surface area contributed by atoms with Crippen molar-refractivity contribution in [2.24, 2.45) is 0 Å². The average Bonchev–Trinajstić information content (AvgIpc) is 3.45. The third-order valence-corrected chi connectivity index (χ3v) is 6.31. The van der Waals surface area contributed by atoms with E-state index in [2.05, 4.69) is 15.1 Å². The molecule has 4 aromatic rings. The van der Waals surface area contributed by atoms with E-state index in [1.165, 1.54) is 0 Å². The highest BCUT2D eigenvalue weighted by Crippen LogP contribution is 2.38. The molecule has 1 aliphatic heterocycles. The average molecular weight is 442 g/mol. The predicted octanol–water partition coefficient (Wildman–Crippen LogP) is 4.95. The lowest BCUT2D eigenvalue weighted by Gasteiger charge is -2.18. The first kappa shape index (κ1) is 20.2. The maximum atomic E-state index is 13.6. The van der Waals surface area contributed by atoms with Crippen molar-refractivity contribution in [2.75, 3.05) is 0 Å². The van der Waals surface area contributed by atoms with Gasteiger partial charge in [-0.2, -0.15) is 4.98 Å². The molecule has 2 unspecified atom stereocenters. The summed E-state index contributed by atoms with van der Waals surface area (Å²) in [5.74, 6) is 0.698. The fraction of sp³-hybridized carbons (Fsp3) is 0.455. The molecule has 5 rings (SSSR count). The molecule has 8 nitrogen and oxygen atoms in total. The first-order valence-corrected chi connectivity index (χ1v) is 10.9. The molecule has 4 heterocycles. The quantitative estimate of drug-likeness (QED) is 0.445. The van der Waals surface area contributed by atoms with Gasteiger partial charge in [0.25, 0.3) is 11.4 Å². The molecule has 0 radical (unpaired) electrons. The molecule has 0 spiro atoms. The number of hydrogen-bond donors (Lipinski definition) is 0. The Morgan fingerprint density at radius 3 is 2.84 bits per heavy atom. The molecule has 9 heteroatoms. The van der Waals surface area contributed by atoms with Gasteiger partial charge in [-0.3, -0.25) is 9.20 Å². The second-order valence-electron chi connectivity index (χ2n) is 8.74. The normalized spacial score (nSPS) is 19.5. The summed E-state index contributed by atoms with van der Waals surface area (Å²) in [5.41, 5.74) is 2.02. The highest BCUT2D eigenvalue weighted by Gasteiger charge is 2.36. The second kappa shape index (κ2) is 7.17. The van der Waals surface area contributed by atoms with E-state index in [9.17, 15) is 4.79 Å². The maximum absolute atomic E-state index is 13.6. The smallest absolute Gasteiger partial charge is 0.278 e. The van der Waals surface area contributed by atoms with Crippen molar-refractivity contribution in [3.05, 3.63) is 45.8 Å². The lowest BCUT2D eigenvalue weighted by Crippen LogP contribution is -2.25. The predicted molar refractivity (Wildman–Crippen MR) is 117 cm³/mol. The van der Waals surface area contributed by atoms with Gasteiger partial charge in [0.05, 0.1) is 16.6 Å². The number of nitrogens with zero attached hydrogens (tertiary/aromatic N) is 5. The van der Waals surface area contributed by atoms with Crippen LogP contribution in [0.4, 0.5) is 0 Å². The Morgan fingerprint density at radius 1 is 1.32 bits per heavy atom. The molecule has 0 amide bonds. The molecule has 1 aliphatic rings. The Kier molecular flexibility index (Phi) is 4.67. The Bertz CT molecular complexity index is 1350. The van der Waals surface area contributed by atoms with Crippen molar-refractivity contribution in [1.82, 2.24) is 24.1 Å². The molecule has 1 fully saturated rings. The van der Waals surface area contributed by atoms with Gasteiger partial charge < -0.3 is 13.8 Å². The SMILES string of the molecule is CCC(C)n1c(=O)c2c(-c3noc(C4CCC(C)(C)O4)n3)ncn2c2ccc(Cl)cc21. The van der Waals surface area contributed by atoms with Crippen LogP contribution < -0.4 is 5.56 Å². The van der Waals surface area contributed by atoms with Gasteiger partial charge in [-0.15, -0.1) is 0 Å². The molecule has 3 aromatic heterocycles. The van der Waals surface area contributed by atoms with Crippen LogP contribution in [0.25, 0.3) is 28.1 Å². The number of fused-ring (bicyclic) bond motifs is 3. The van der Waals surface area contributed by atoms with E-state index in [0.717, 1.165) is 30.3 Å². The number of ether oxygens (including phenoxy) is 1. The minimum absolute atomic E-state index is 0.0174. The highest BCUT2D eigenvalue weighted by molar-refractivity contribution is 6.31. The van der Waals surface area contributed by atoms with Gasteiger partial charge in [-0.25, -0.2) is 4.98 Å². The molecular formula is C22H24ClN5O3. The largest absolute Gasteiger partial charge is 0.363 e. The zero-order chi connectivity index (χ0) is 21.9. The molecule has 2 atom stereocenters. The summed E-state index contributed by atoms with van der Waals surface area (Å²) in [4.78, 5) is 22.6. The summed E-state index contributed by atoms with van der Waals surface area (Å²) >= 11 is 6.24. The molecule has 0 saturated carbocycles. The van der Waals surface area contributed by atoms with Crippen LogP contribution in [-0.2, 0) is 4.74 Å². The summed E-state index contributed by atoms with van der Waals surface area (Å²) in [5, 5.41) is 4.69. The standard InChI is InChI=1S/C22H24ClN5O3/c1-5-12(2)28-15-10-13(23)6-7-14(15)27-11-24-17(18(27)21(28)29)19-25-20(31-26-19)16-8-9-22(3,4)30-16/h6-7,10-12,16H,5,8-9H2,1-4H3.